The van der Waals surface area contributed by atoms with Crippen molar-refractivity contribution in [1.82, 2.24) is 0 Å². The van der Waals surface area contributed by atoms with Crippen molar-refractivity contribution >= 4 is 38.6 Å². The minimum Gasteiger partial charge on any atom is -0.309 e. The van der Waals surface area contributed by atoms with E-state index in [2.05, 4.69) is 254 Å². The molecule has 0 atom stereocenters. The first-order valence-corrected chi connectivity index (χ1v) is 22.3. The molecule has 0 heterocycles. The molecule has 2 aliphatic rings. The van der Waals surface area contributed by atoms with Gasteiger partial charge in [-0.05, 0) is 125 Å². The van der Waals surface area contributed by atoms with E-state index in [4.69, 9.17) is 0 Å². The zero-order valence-corrected chi connectivity index (χ0v) is 35.1. The normalized spacial score (nSPS) is 12.8. The van der Waals surface area contributed by atoms with Gasteiger partial charge in [0.25, 0.3) is 0 Å². The van der Waals surface area contributed by atoms with Crippen LogP contribution in [0.15, 0.2) is 249 Å². The highest BCUT2D eigenvalue weighted by Gasteiger charge is 2.48. The SMILES string of the molecule is c1ccc(-c2ccc(N(c3cccc4c3C(c3ccccc3)(c3ccccc3)c3ccccc3-4)c3c4c(cc5ccccc35)-c3cc5cc(-c6ccccc6)ccc5cc3-4)cc2)cc1. The Morgan fingerprint density at radius 1 is 0.312 bits per heavy atom. The average Bonchev–Trinajstić information content (AvgIpc) is 3.68. The Balaban J connectivity index is 1.12. The van der Waals surface area contributed by atoms with Crippen molar-refractivity contribution in [3.63, 3.8) is 0 Å². The molecular weight excluding hydrogens is 771 g/mol. The van der Waals surface area contributed by atoms with Gasteiger partial charge in [-0.1, -0.05) is 206 Å². The summed E-state index contributed by atoms with van der Waals surface area (Å²) >= 11 is 0. The lowest BCUT2D eigenvalue weighted by Crippen LogP contribution is -2.30. The highest BCUT2D eigenvalue weighted by molar-refractivity contribution is 6.21. The van der Waals surface area contributed by atoms with Crippen molar-refractivity contribution in [3.05, 3.63) is 271 Å². The summed E-state index contributed by atoms with van der Waals surface area (Å²) in [6.45, 7) is 0. The summed E-state index contributed by atoms with van der Waals surface area (Å²) in [5, 5.41) is 4.93. The maximum Gasteiger partial charge on any atom is 0.0734 e. The first kappa shape index (κ1) is 36.4. The molecule has 0 spiro atoms. The predicted molar refractivity (Wildman–Crippen MR) is 269 cm³/mol. The predicted octanol–water partition coefficient (Wildman–Crippen LogP) is 16.8. The molecule has 0 radical (unpaired) electrons. The van der Waals surface area contributed by atoms with Crippen molar-refractivity contribution in [2.24, 2.45) is 0 Å². The van der Waals surface area contributed by atoms with Crippen LogP contribution in [0, 0.1) is 0 Å². The zero-order chi connectivity index (χ0) is 42.2. The van der Waals surface area contributed by atoms with Gasteiger partial charge in [0.05, 0.1) is 16.8 Å². The van der Waals surface area contributed by atoms with E-state index in [1.165, 1.54) is 105 Å². The summed E-state index contributed by atoms with van der Waals surface area (Å²) < 4.78 is 0. The van der Waals surface area contributed by atoms with Gasteiger partial charge >= 0.3 is 0 Å². The van der Waals surface area contributed by atoms with Crippen LogP contribution in [0.5, 0.6) is 0 Å². The van der Waals surface area contributed by atoms with Gasteiger partial charge in [-0.3, -0.25) is 0 Å². The molecule has 0 aromatic heterocycles. The summed E-state index contributed by atoms with van der Waals surface area (Å²) in [5.41, 5.74) is 20.5. The van der Waals surface area contributed by atoms with E-state index in [9.17, 15) is 0 Å². The Kier molecular flexibility index (Phi) is 8.20. The second-order valence-corrected chi connectivity index (χ2v) is 17.2. The molecule has 1 nitrogen and oxygen atoms in total. The second kappa shape index (κ2) is 14.4. The maximum absolute atomic E-state index is 2.60. The lowest BCUT2D eigenvalue weighted by atomic mass is 9.67. The van der Waals surface area contributed by atoms with Gasteiger partial charge in [0, 0.05) is 22.2 Å². The van der Waals surface area contributed by atoms with Gasteiger partial charge in [0.1, 0.15) is 0 Å². The number of hydrogen-bond acceptors (Lipinski definition) is 1. The molecule has 11 aromatic rings. The van der Waals surface area contributed by atoms with Crippen molar-refractivity contribution in [2.45, 2.75) is 5.41 Å². The topological polar surface area (TPSA) is 3.24 Å². The van der Waals surface area contributed by atoms with Gasteiger partial charge < -0.3 is 4.90 Å². The number of fused-ring (bicyclic) bond motifs is 9. The summed E-state index contributed by atoms with van der Waals surface area (Å²) in [6, 6.07) is 92.2. The number of benzene rings is 11. The largest absolute Gasteiger partial charge is 0.309 e. The molecule has 0 aliphatic heterocycles. The Morgan fingerprint density at radius 3 is 1.58 bits per heavy atom. The zero-order valence-electron chi connectivity index (χ0n) is 35.1. The second-order valence-electron chi connectivity index (χ2n) is 17.2. The molecule has 0 N–H and O–H groups in total. The molecule has 0 saturated heterocycles. The minimum absolute atomic E-state index is 0.602. The highest BCUT2D eigenvalue weighted by atomic mass is 15.2. The van der Waals surface area contributed by atoms with Crippen LogP contribution in [-0.4, -0.2) is 0 Å². The van der Waals surface area contributed by atoms with Crippen LogP contribution in [0.3, 0.4) is 0 Å². The first-order chi connectivity index (χ1) is 31.8. The molecular formula is C63H41N. The van der Waals surface area contributed by atoms with Crippen LogP contribution in [0.1, 0.15) is 22.3 Å². The highest BCUT2D eigenvalue weighted by Crippen LogP contribution is 2.63. The van der Waals surface area contributed by atoms with Crippen LogP contribution >= 0.6 is 0 Å². The summed E-state index contributed by atoms with van der Waals surface area (Å²) in [7, 11) is 0. The molecule has 64 heavy (non-hydrogen) atoms. The fourth-order valence-corrected chi connectivity index (χ4v) is 11.0. The Bertz CT molecular complexity index is 3530. The van der Waals surface area contributed by atoms with E-state index < -0.39 is 5.41 Å². The fourth-order valence-electron chi connectivity index (χ4n) is 11.0. The van der Waals surface area contributed by atoms with E-state index in [1.807, 2.05) is 0 Å². The van der Waals surface area contributed by atoms with Crippen LogP contribution in [0.4, 0.5) is 17.1 Å². The Morgan fingerprint density at radius 2 is 0.859 bits per heavy atom. The van der Waals surface area contributed by atoms with Gasteiger partial charge in [0.2, 0.25) is 0 Å². The van der Waals surface area contributed by atoms with Crippen molar-refractivity contribution in [3.8, 4) is 55.6 Å². The third-order valence-corrected chi connectivity index (χ3v) is 13.8. The molecule has 0 unspecified atom stereocenters. The van der Waals surface area contributed by atoms with Gasteiger partial charge in [-0.2, -0.15) is 0 Å². The maximum atomic E-state index is 2.60. The van der Waals surface area contributed by atoms with Crippen LogP contribution in [-0.2, 0) is 5.41 Å². The first-order valence-electron chi connectivity index (χ1n) is 22.3. The third kappa shape index (κ3) is 5.38. The Labute approximate surface area is 373 Å². The molecule has 1 heteroatoms. The lowest BCUT2D eigenvalue weighted by molar-refractivity contribution is 0.768. The molecule has 298 valence electrons. The molecule has 0 amide bonds. The number of hydrogen-bond donors (Lipinski definition) is 0. The average molecular weight is 812 g/mol. The van der Waals surface area contributed by atoms with Crippen LogP contribution in [0.2, 0.25) is 0 Å². The van der Waals surface area contributed by atoms with Gasteiger partial charge in [-0.25, -0.2) is 0 Å². The van der Waals surface area contributed by atoms with Crippen molar-refractivity contribution < 1.29 is 0 Å². The molecule has 11 aromatic carbocycles. The molecule has 0 saturated carbocycles. The van der Waals surface area contributed by atoms with Crippen LogP contribution < -0.4 is 4.90 Å². The molecule has 13 rings (SSSR count). The van der Waals surface area contributed by atoms with Crippen molar-refractivity contribution in [1.29, 1.82) is 0 Å². The number of nitrogens with zero attached hydrogens (tertiary/aromatic N) is 1. The van der Waals surface area contributed by atoms with Crippen LogP contribution in [0.25, 0.3) is 77.2 Å². The molecule has 2 aliphatic carbocycles. The number of anilines is 3. The summed E-state index contributed by atoms with van der Waals surface area (Å²) in [4.78, 5) is 2.60. The smallest absolute Gasteiger partial charge is 0.0734 e. The monoisotopic (exact) mass is 811 g/mol. The van der Waals surface area contributed by atoms with E-state index in [0.29, 0.717) is 0 Å². The molecule has 0 bridgehead atoms. The van der Waals surface area contributed by atoms with E-state index >= 15 is 0 Å². The third-order valence-electron chi connectivity index (χ3n) is 13.8. The van der Waals surface area contributed by atoms with E-state index in [0.717, 1.165) is 11.4 Å². The van der Waals surface area contributed by atoms with Crippen molar-refractivity contribution in [2.75, 3.05) is 4.90 Å². The molecule has 0 fully saturated rings. The standard InChI is InChI=1S/C63H41N/c1-5-18-42(19-6-1)44-34-36-51(37-35-44)64(59-31-17-29-54-53-28-15-16-30-58(53)63(61(54)59,49-23-9-3-10-24-49)50-25-11-4-12-26-50)62-52-27-14-13-22-47(52)40-57-55-41-48-38-45(43-20-7-2-8-21-43)32-33-46(48)39-56(55)60(57)62/h1-41H. The number of rotatable bonds is 7. The lowest BCUT2D eigenvalue weighted by Gasteiger charge is -2.40. The quantitative estimate of drug-likeness (QED) is 0.155. The van der Waals surface area contributed by atoms with E-state index in [1.54, 1.807) is 0 Å². The van der Waals surface area contributed by atoms with Gasteiger partial charge in [0.15, 0.2) is 0 Å². The summed E-state index contributed by atoms with van der Waals surface area (Å²) in [5.74, 6) is 0. The summed E-state index contributed by atoms with van der Waals surface area (Å²) in [6.07, 6.45) is 0. The minimum atomic E-state index is -0.602. The van der Waals surface area contributed by atoms with E-state index in [-0.39, 0.29) is 0 Å². The Hall–Kier alpha value is -8.26. The fraction of sp³-hybridized carbons (Fsp3) is 0.0159. The van der Waals surface area contributed by atoms with Gasteiger partial charge in [-0.15, -0.1) is 0 Å².